The summed E-state index contributed by atoms with van der Waals surface area (Å²) >= 11 is 0. The molecule has 1 aromatic carbocycles. The van der Waals surface area contributed by atoms with Crippen molar-refractivity contribution < 1.29 is 22.7 Å². The van der Waals surface area contributed by atoms with Crippen molar-refractivity contribution in [3.8, 4) is 0 Å². The number of rotatable bonds is 5. The van der Waals surface area contributed by atoms with Gasteiger partial charge in [0.2, 0.25) is 0 Å². The summed E-state index contributed by atoms with van der Waals surface area (Å²) in [6, 6.07) is 5.67. The van der Waals surface area contributed by atoms with Crippen LogP contribution in [0.2, 0.25) is 0 Å². The summed E-state index contributed by atoms with van der Waals surface area (Å²) in [5.74, 6) is -1.27. The smallest absolute Gasteiger partial charge is 0.317 e. The van der Waals surface area contributed by atoms with Crippen molar-refractivity contribution in [3.05, 3.63) is 35.6 Å². The second-order valence-electron chi connectivity index (χ2n) is 8.05. The molecular formula is C19H26FN3O4S. The zero-order chi connectivity index (χ0) is 19.9. The molecule has 1 aromatic rings. The molecule has 3 atom stereocenters. The summed E-state index contributed by atoms with van der Waals surface area (Å²) < 4.78 is 43.8. The summed E-state index contributed by atoms with van der Waals surface area (Å²) in [6.45, 7) is 2.39. The lowest BCUT2D eigenvalue weighted by molar-refractivity contribution is -0.138. The van der Waals surface area contributed by atoms with Crippen LogP contribution in [-0.2, 0) is 15.0 Å². The first-order valence-corrected chi connectivity index (χ1v) is 11.2. The number of nitrogens with zero attached hydrogens (tertiary/aromatic N) is 3. The Kier molecular flexibility index (Phi) is 5.43. The van der Waals surface area contributed by atoms with Crippen LogP contribution in [0.4, 0.5) is 4.39 Å². The van der Waals surface area contributed by atoms with Gasteiger partial charge < -0.3 is 5.11 Å². The van der Waals surface area contributed by atoms with Crippen LogP contribution in [0, 0.1) is 17.7 Å². The molecule has 154 valence electrons. The van der Waals surface area contributed by atoms with Gasteiger partial charge in [-0.2, -0.15) is 17.0 Å². The maximum Gasteiger partial charge on any atom is 0.317 e. The molecule has 0 aromatic heterocycles. The van der Waals surface area contributed by atoms with Crippen LogP contribution in [0.3, 0.4) is 0 Å². The highest BCUT2D eigenvalue weighted by molar-refractivity contribution is 7.86. The van der Waals surface area contributed by atoms with E-state index in [0.29, 0.717) is 38.3 Å². The molecule has 0 amide bonds. The predicted octanol–water partition coefficient (Wildman–Crippen LogP) is 1.55. The molecule has 3 heterocycles. The fourth-order valence-corrected chi connectivity index (χ4v) is 6.97. The van der Waals surface area contributed by atoms with Crippen molar-refractivity contribution >= 4 is 16.2 Å². The molecule has 9 heteroatoms. The van der Waals surface area contributed by atoms with Crippen molar-refractivity contribution in [3.63, 3.8) is 0 Å². The largest absolute Gasteiger partial charge is 0.480 e. The standard InChI is InChI=1S/C19H26FN3O4S/c20-16-6-4-5-14(9-16)19-17-12-21(13-18(24)25)10-15(17)11-23(19)28(26,27)22-7-2-1-3-8-22/h4-6,9,15,17,19H,1-3,7-8,10-13H2,(H,24,25)/t15-,17-,19-/m0/s1. The SMILES string of the molecule is O=C(O)CN1C[C@H]2CN(S(=O)(=O)N3CCCCC3)[C@@H](c3cccc(F)c3)[C@H]2C1. The van der Waals surface area contributed by atoms with E-state index in [2.05, 4.69) is 0 Å². The monoisotopic (exact) mass is 411 g/mol. The number of piperidine rings is 1. The number of carboxylic acid groups (broad SMARTS) is 1. The Hall–Kier alpha value is -1.55. The molecule has 3 aliphatic rings. The molecule has 0 saturated carbocycles. The molecule has 28 heavy (non-hydrogen) atoms. The zero-order valence-corrected chi connectivity index (χ0v) is 16.5. The molecule has 3 aliphatic heterocycles. The van der Waals surface area contributed by atoms with Crippen molar-refractivity contribution in [1.29, 1.82) is 0 Å². The summed E-state index contributed by atoms with van der Waals surface area (Å²) in [5, 5.41) is 9.10. The Bertz CT molecular complexity index is 843. The Balaban J connectivity index is 1.66. The minimum atomic E-state index is -3.65. The number of hydrogen-bond acceptors (Lipinski definition) is 4. The second kappa shape index (κ2) is 7.70. The molecular weight excluding hydrogens is 385 g/mol. The first kappa shape index (κ1) is 19.8. The van der Waals surface area contributed by atoms with Gasteiger partial charge in [-0.15, -0.1) is 0 Å². The van der Waals surface area contributed by atoms with Crippen molar-refractivity contribution in [2.45, 2.75) is 25.3 Å². The van der Waals surface area contributed by atoms with Crippen LogP contribution in [0.25, 0.3) is 0 Å². The van der Waals surface area contributed by atoms with Gasteiger partial charge in [0.1, 0.15) is 5.82 Å². The van der Waals surface area contributed by atoms with E-state index in [-0.39, 0.29) is 18.4 Å². The topological polar surface area (TPSA) is 81.2 Å². The third-order valence-electron chi connectivity index (χ3n) is 6.18. The summed E-state index contributed by atoms with van der Waals surface area (Å²) in [4.78, 5) is 13.0. The predicted molar refractivity (Wildman–Crippen MR) is 101 cm³/mol. The number of likely N-dealkylation sites (tertiary alicyclic amines) is 1. The molecule has 1 N–H and O–H groups in total. The van der Waals surface area contributed by atoms with Gasteiger partial charge in [0.15, 0.2) is 0 Å². The highest BCUT2D eigenvalue weighted by Gasteiger charge is 2.52. The third-order valence-corrected chi connectivity index (χ3v) is 8.17. The average molecular weight is 411 g/mol. The lowest BCUT2D eigenvalue weighted by Gasteiger charge is -2.35. The molecule has 0 spiro atoms. The van der Waals surface area contributed by atoms with Crippen molar-refractivity contribution in [2.75, 3.05) is 39.3 Å². The maximum atomic E-state index is 13.9. The molecule has 3 fully saturated rings. The van der Waals surface area contributed by atoms with Crippen molar-refractivity contribution in [2.24, 2.45) is 11.8 Å². The van der Waals surface area contributed by atoms with E-state index in [4.69, 9.17) is 5.11 Å². The van der Waals surface area contributed by atoms with Gasteiger partial charge >= 0.3 is 5.97 Å². The maximum absolute atomic E-state index is 13.9. The Morgan fingerprint density at radius 2 is 1.89 bits per heavy atom. The van der Waals surface area contributed by atoms with E-state index in [0.717, 1.165) is 19.3 Å². The lowest BCUT2D eigenvalue weighted by Crippen LogP contribution is -2.47. The average Bonchev–Trinajstić information content (AvgIpc) is 3.19. The van der Waals surface area contributed by atoms with E-state index in [1.54, 1.807) is 20.7 Å². The minimum absolute atomic E-state index is 0.0410. The quantitative estimate of drug-likeness (QED) is 0.795. The number of halogens is 1. The molecule has 4 rings (SSSR count). The summed E-state index contributed by atoms with van der Waals surface area (Å²) in [7, 11) is -3.65. The molecule has 0 bridgehead atoms. The number of hydrogen-bond donors (Lipinski definition) is 1. The highest BCUT2D eigenvalue weighted by atomic mass is 32.2. The second-order valence-corrected chi connectivity index (χ2v) is 9.93. The number of carbonyl (C=O) groups is 1. The van der Waals surface area contributed by atoms with E-state index >= 15 is 0 Å². The Labute approximate surface area is 164 Å². The number of aliphatic carboxylic acids is 1. The summed E-state index contributed by atoms with van der Waals surface area (Å²) in [5.41, 5.74) is 0.644. The fourth-order valence-electron chi connectivity index (χ4n) is 5.00. The fraction of sp³-hybridized carbons (Fsp3) is 0.632. The van der Waals surface area contributed by atoms with Gasteiger partial charge in [-0.3, -0.25) is 9.69 Å². The normalized spacial score (nSPS) is 29.8. The van der Waals surface area contributed by atoms with Crippen LogP contribution >= 0.6 is 0 Å². The van der Waals surface area contributed by atoms with Gasteiger partial charge in [-0.05, 0) is 42.4 Å². The Morgan fingerprint density at radius 1 is 1.14 bits per heavy atom. The van der Waals surface area contributed by atoms with Gasteiger partial charge in [-0.25, -0.2) is 4.39 Å². The lowest BCUT2D eigenvalue weighted by atomic mass is 9.90. The first-order chi connectivity index (χ1) is 13.4. The van der Waals surface area contributed by atoms with Gasteiger partial charge in [0, 0.05) is 32.7 Å². The van der Waals surface area contributed by atoms with E-state index < -0.39 is 28.0 Å². The van der Waals surface area contributed by atoms with Crippen LogP contribution in [0.15, 0.2) is 24.3 Å². The molecule has 3 saturated heterocycles. The molecule has 7 nitrogen and oxygen atoms in total. The molecule has 0 radical (unpaired) electrons. The summed E-state index contributed by atoms with van der Waals surface area (Å²) in [6.07, 6.45) is 2.75. The van der Waals surface area contributed by atoms with Gasteiger partial charge in [0.05, 0.1) is 12.6 Å². The Morgan fingerprint density at radius 3 is 2.57 bits per heavy atom. The van der Waals surface area contributed by atoms with E-state index in [1.807, 2.05) is 4.90 Å². The zero-order valence-electron chi connectivity index (χ0n) is 15.7. The minimum Gasteiger partial charge on any atom is -0.480 e. The first-order valence-electron chi connectivity index (χ1n) is 9.83. The van der Waals surface area contributed by atoms with Gasteiger partial charge in [0.25, 0.3) is 10.2 Å². The van der Waals surface area contributed by atoms with Crippen LogP contribution in [0.1, 0.15) is 30.9 Å². The number of fused-ring (bicyclic) bond motifs is 1. The van der Waals surface area contributed by atoms with Crippen LogP contribution < -0.4 is 0 Å². The van der Waals surface area contributed by atoms with E-state index in [9.17, 15) is 17.6 Å². The van der Waals surface area contributed by atoms with Crippen LogP contribution in [-0.4, -0.2) is 72.3 Å². The molecule has 0 aliphatic carbocycles. The highest BCUT2D eigenvalue weighted by Crippen LogP contribution is 2.47. The van der Waals surface area contributed by atoms with Crippen molar-refractivity contribution in [1.82, 2.24) is 13.5 Å². The third kappa shape index (κ3) is 3.68. The molecule has 0 unspecified atom stereocenters. The van der Waals surface area contributed by atoms with E-state index in [1.165, 1.54) is 12.1 Å². The van der Waals surface area contributed by atoms with Gasteiger partial charge in [-0.1, -0.05) is 18.6 Å². The van der Waals surface area contributed by atoms with Crippen LogP contribution in [0.5, 0.6) is 0 Å². The number of carboxylic acids is 1. The number of benzene rings is 1.